The van der Waals surface area contributed by atoms with Crippen molar-refractivity contribution in [1.29, 1.82) is 0 Å². The summed E-state index contributed by atoms with van der Waals surface area (Å²) in [7, 11) is -1.63. The molecule has 0 bridgehead atoms. The van der Waals surface area contributed by atoms with Crippen LogP contribution in [0.4, 0.5) is 0 Å². The molecule has 3 rings (SSSR count). The Balaban J connectivity index is 1.83. The van der Waals surface area contributed by atoms with Gasteiger partial charge in [-0.1, -0.05) is 39.0 Å². The topological polar surface area (TPSA) is 29.5 Å². The van der Waals surface area contributed by atoms with Crippen LogP contribution < -0.4 is 0 Å². The van der Waals surface area contributed by atoms with Gasteiger partial charge in [-0.05, 0) is 52.9 Å². The average Bonchev–Trinajstić information content (AvgIpc) is 2.86. The molecule has 1 N–H and O–H groups in total. The van der Waals surface area contributed by atoms with Gasteiger partial charge < -0.3 is 9.53 Å². The maximum atomic E-state index is 10.3. The van der Waals surface area contributed by atoms with Crippen LogP contribution in [0.2, 0.25) is 18.1 Å². The van der Waals surface area contributed by atoms with Crippen LogP contribution in [-0.4, -0.2) is 20.0 Å². The van der Waals surface area contributed by atoms with Gasteiger partial charge in [0.2, 0.25) is 0 Å². The molecular weight excluding hydrogens is 344 g/mol. The molecule has 1 atom stereocenters. The molecule has 0 aliphatic rings. The zero-order valence-corrected chi connectivity index (χ0v) is 17.7. The molecule has 25 heavy (non-hydrogen) atoms. The van der Waals surface area contributed by atoms with E-state index in [4.69, 9.17) is 4.43 Å². The number of hydrogen-bond acceptors (Lipinski definition) is 2. The summed E-state index contributed by atoms with van der Waals surface area (Å²) < 4.78 is 9.00. The molecule has 134 valence electrons. The lowest BCUT2D eigenvalue weighted by Gasteiger charge is -2.36. The van der Waals surface area contributed by atoms with E-state index in [0.29, 0.717) is 5.75 Å². The first-order chi connectivity index (χ1) is 11.7. The van der Waals surface area contributed by atoms with Crippen molar-refractivity contribution in [3.63, 3.8) is 0 Å². The van der Waals surface area contributed by atoms with Crippen molar-refractivity contribution in [3.8, 4) is 5.75 Å². The molecule has 4 heteroatoms. The van der Waals surface area contributed by atoms with Crippen LogP contribution >= 0.6 is 10.5 Å². The molecule has 3 aromatic rings. The highest BCUT2D eigenvalue weighted by Gasteiger charge is 2.37. The SMILES string of the molecule is CC(C)(C)[Si](C)(C)OCCC[s+]1c2ccccc2c2c(O)cccc21. The second kappa shape index (κ2) is 6.75. The second-order valence-electron chi connectivity index (χ2n) is 8.20. The summed E-state index contributed by atoms with van der Waals surface area (Å²) in [4.78, 5) is 0. The Morgan fingerprint density at radius 1 is 1.00 bits per heavy atom. The standard InChI is InChI=1S/C21H28O2SSi/c1-21(2,3)25(4,5)23-14-9-15-24-18-12-7-6-10-16(18)20-17(22)11-8-13-19(20)24/h6-8,10-13H,9,14-15H2,1-5H3/p+1. The maximum Gasteiger partial charge on any atom is 0.191 e. The normalized spacial score (nSPS) is 13.7. The summed E-state index contributed by atoms with van der Waals surface area (Å²) in [5, 5.41) is 12.8. The van der Waals surface area contributed by atoms with Crippen molar-refractivity contribution in [2.45, 2.75) is 51.1 Å². The van der Waals surface area contributed by atoms with Gasteiger partial charge in [0, 0.05) is 13.0 Å². The van der Waals surface area contributed by atoms with Gasteiger partial charge in [0.15, 0.2) is 17.7 Å². The van der Waals surface area contributed by atoms with E-state index in [1.807, 2.05) is 6.07 Å². The van der Waals surface area contributed by atoms with Crippen LogP contribution in [0, 0.1) is 0 Å². The van der Waals surface area contributed by atoms with E-state index in [1.54, 1.807) is 6.07 Å². The first-order valence-corrected chi connectivity index (χ1v) is 13.3. The van der Waals surface area contributed by atoms with Crippen LogP contribution in [-0.2, 0) is 10.2 Å². The Morgan fingerprint density at radius 3 is 2.40 bits per heavy atom. The van der Waals surface area contributed by atoms with Gasteiger partial charge in [-0.3, -0.25) is 0 Å². The number of thiophene rings is 1. The van der Waals surface area contributed by atoms with E-state index < -0.39 is 8.32 Å². The molecule has 0 fully saturated rings. The maximum absolute atomic E-state index is 10.3. The van der Waals surface area contributed by atoms with E-state index in [0.717, 1.165) is 24.2 Å². The summed E-state index contributed by atoms with van der Waals surface area (Å²) in [6.07, 6.45) is 1.05. The number of rotatable bonds is 5. The minimum absolute atomic E-state index is 0.0386. The molecule has 0 aliphatic heterocycles. The number of phenolic OH excluding ortho intramolecular Hbond substituents is 1. The third kappa shape index (κ3) is 3.48. The van der Waals surface area contributed by atoms with Gasteiger partial charge in [-0.2, -0.15) is 0 Å². The largest absolute Gasteiger partial charge is 0.507 e. The van der Waals surface area contributed by atoms with Crippen molar-refractivity contribution in [3.05, 3.63) is 42.5 Å². The van der Waals surface area contributed by atoms with Crippen LogP contribution in [0.3, 0.4) is 0 Å². The highest BCUT2D eigenvalue weighted by molar-refractivity contribution is 7.42. The number of phenols is 1. The van der Waals surface area contributed by atoms with Gasteiger partial charge in [0.1, 0.15) is 11.5 Å². The fourth-order valence-corrected chi connectivity index (χ4v) is 6.52. The first kappa shape index (κ1) is 18.4. The Hall–Kier alpha value is -1.36. The van der Waals surface area contributed by atoms with Crippen molar-refractivity contribution in [2.24, 2.45) is 0 Å². The van der Waals surface area contributed by atoms with E-state index in [-0.39, 0.29) is 15.5 Å². The summed E-state index contributed by atoms with van der Waals surface area (Å²) in [5.74, 6) is 1.49. The molecule has 2 aromatic carbocycles. The highest BCUT2D eigenvalue weighted by Crippen LogP contribution is 2.46. The van der Waals surface area contributed by atoms with Gasteiger partial charge >= 0.3 is 0 Å². The summed E-state index contributed by atoms with van der Waals surface area (Å²) in [6, 6.07) is 14.4. The predicted octanol–water partition coefficient (Wildman–Crippen LogP) is 6.86. The van der Waals surface area contributed by atoms with Gasteiger partial charge in [0.25, 0.3) is 0 Å². The Kier molecular flexibility index (Phi) is 4.97. The number of aryl methyl sites for hydroxylation is 1. The van der Waals surface area contributed by atoms with E-state index in [2.05, 4.69) is 64.2 Å². The first-order valence-electron chi connectivity index (χ1n) is 8.98. The van der Waals surface area contributed by atoms with Gasteiger partial charge in [0.05, 0.1) is 10.8 Å². The monoisotopic (exact) mass is 373 g/mol. The molecular formula is C21H29O2SSi+. The van der Waals surface area contributed by atoms with Crippen molar-refractivity contribution in [1.82, 2.24) is 0 Å². The zero-order chi connectivity index (χ0) is 18.2. The number of hydrogen-bond donors (Lipinski definition) is 1. The number of aromatic hydroxyl groups is 1. The predicted molar refractivity (Wildman–Crippen MR) is 113 cm³/mol. The van der Waals surface area contributed by atoms with Crippen LogP contribution in [0.5, 0.6) is 5.75 Å². The third-order valence-corrected chi connectivity index (χ3v) is 12.4. The third-order valence-electron chi connectivity index (χ3n) is 5.45. The lowest BCUT2D eigenvalue weighted by atomic mass is 10.1. The lowest BCUT2D eigenvalue weighted by Crippen LogP contribution is -2.40. The minimum atomic E-state index is -1.67. The van der Waals surface area contributed by atoms with Crippen molar-refractivity contribution >= 4 is 39.0 Å². The Bertz CT molecular complexity index is 890. The molecule has 0 spiro atoms. The van der Waals surface area contributed by atoms with Crippen LogP contribution in [0.25, 0.3) is 20.2 Å². The van der Waals surface area contributed by atoms with E-state index in [9.17, 15) is 5.11 Å². The highest BCUT2D eigenvalue weighted by atomic mass is 32.2. The molecule has 0 saturated heterocycles. The van der Waals surface area contributed by atoms with E-state index in [1.165, 1.54) is 14.8 Å². The van der Waals surface area contributed by atoms with Crippen LogP contribution in [0.1, 0.15) is 27.2 Å². The molecule has 0 aliphatic carbocycles. The molecule has 1 unspecified atom stereocenters. The van der Waals surface area contributed by atoms with Crippen molar-refractivity contribution < 1.29 is 9.53 Å². The Labute approximate surface area is 154 Å². The fourth-order valence-electron chi connectivity index (χ4n) is 2.97. The second-order valence-corrected chi connectivity index (χ2v) is 15.1. The van der Waals surface area contributed by atoms with Crippen LogP contribution in [0.15, 0.2) is 42.5 Å². The van der Waals surface area contributed by atoms with E-state index >= 15 is 0 Å². The fraction of sp³-hybridized carbons (Fsp3) is 0.429. The molecule has 0 saturated carbocycles. The minimum Gasteiger partial charge on any atom is -0.507 e. The quantitative estimate of drug-likeness (QED) is 0.301. The molecule has 0 radical (unpaired) electrons. The van der Waals surface area contributed by atoms with Gasteiger partial charge in [-0.15, -0.1) is 0 Å². The summed E-state index contributed by atoms with van der Waals surface area (Å²) >= 11 is 0. The smallest absolute Gasteiger partial charge is 0.191 e. The number of benzene rings is 2. The lowest BCUT2D eigenvalue weighted by molar-refractivity contribution is 0.286. The van der Waals surface area contributed by atoms with Crippen molar-refractivity contribution in [2.75, 3.05) is 6.61 Å². The molecule has 1 heterocycles. The molecule has 0 amide bonds. The summed E-state index contributed by atoms with van der Waals surface area (Å²) in [5.41, 5.74) is 0. The number of fused-ring (bicyclic) bond motifs is 3. The van der Waals surface area contributed by atoms with Gasteiger partial charge in [-0.25, -0.2) is 0 Å². The average molecular weight is 374 g/mol. The zero-order valence-electron chi connectivity index (χ0n) is 15.9. The molecule has 1 aromatic heterocycles. The summed E-state index contributed by atoms with van der Waals surface area (Å²) in [6.45, 7) is 12.3. The molecule has 2 nitrogen and oxygen atoms in total. The Morgan fingerprint density at radius 2 is 1.68 bits per heavy atom.